The SMILES string of the molecule is O=C(NC1(C(=O)O)CC(c2ccccc2)C1)c1cnn2ccsc12. The van der Waals surface area contributed by atoms with Gasteiger partial charge in [-0.25, -0.2) is 9.31 Å². The lowest BCUT2D eigenvalue weighted by Crippen LogP contribution is -2.61. The Bertz CT molecular complexity index is 909. The predicted octanol–water partition coefficient (Wildman–Crippen LogP) is 2.53. The normalized spacial score (nSPS) is 22.9. The van der Waals surface area contributed by atoms with E-state index >= 15 is 0 Å². The number of aromatic nitrogens is 2. The number of hydrogen-bond donors (Lipinski definition) is 2. The standard InChI is InChI=1S/C17H15N3O3S/c21-14(13-10-18-20-6-7-24-15(13)20)19-17(16(22)23)8-12(9-17)11-4-2-1-3-5-11/h1-7,10,12H,8-9H2,(H,19,21)(H,22,23). The number of carbonyl (C=O) groups excluding carboxylic acids is 1. The van der Waals surface area contributed by atoms with Crippen LogP contribution in [0.25, 0.3) is 4.83 Å². The summed E-state index contributed by atoms with van der Waals surface area (Å²) >= 11 is 1.40. The zero-order valence-electron chi connectivity index (χ0n) is 12.7. The van der Waals surface area contributed by atoms with Gasteiger partial charge in [-0.05, 0) is 24.3 Å². The summed E-state index contributed by atoms with van der Waals surface area (Å²) < 4.78 is 1.61. The first-order chi connectivity index (χ1) is 11.6. The molecule has 0 saturated heterocycles. The molecule has 1 aromatic carbocycles. The molecule has 3 aromatic rings. The molecule has 1 fully saturated rings. The minimum atomic E-state index is -1.21. The van der Waals surface area contributed by atoms with Crippen molar-refractivity contribution in [2.45, 2.75) is 24.3 Å². The van der Waals surface area contributed by atoms with Crippen LogP contribution in [0.2, 0.25) is 0 Å². The van der Waals surface area contributed by atoms with Crippen molar-refractivity contribution >= 4 is 28.0 Å². The first kappa shape index (κ1) is 14.9. The van der Waals surface area contributed by atoms with Crippen molar-refractivity contribution in [3.8, 4) is 0 Å². The molecule has 0 unspecified atom stereocenters. The molecule has 122 valence electrons. The van der Waals surface area contributed by atoms with E-state index in [1.165, 1.54) is 17.5 Å². The number of carbonyl (C=O) groups is 2. The lowest BCUT2D eigenvalue weighted by atomic mass is 9.65. The monoisotopic (exact) mass is 341 g/mol. The van der Waals surface area contributed by atoms with Crippen molar-refractivity contribution in [3.63, 3.8) is 0 Å². The molecule has 4 rings (SSSR count). The van der Waals surface area contributed by atoms with Gasteiger partial charge in [-0.15, -0.1) is 11.3 Å². The molecular weight excluding hydrogens is 326 g/mol. The number of carboxylic acid groups (broad SMARTS) is 1. The van der Waals surface area contributed by atoms with Crippen molar-refractivity contribution in [1.82, 2.24) is 14.9 Å². The Morgan fingerprint density at radius 3 is 2.75 bits per heavy atom. The molecule has 2 N–H and O–H groups in total. The van der Waals surface area contributed by atoms with Gasteiger partial charge in [-0.2, -0.15) is 5.10 Å². The van der Waals surface area contributed by atoms with Crippen LogP contribution < -0.4 is 5.32 Å². The molecule has 6 nitrogen and oxygen atoms in total. The third kappa shape index (κ3) is 2.28. The second kappa shape index (κ2) is 5.45. The fraction of sp³-hybridized carbons (Fsp3) is 0.235. The summed E-state index contributed by atoms with van der Waals surface area (Å²) in [5.41, 5.74) is 0.312. The average Bonchev–Trinajstić information content (AvgIpc) is 3.13. The summed E-state index contributed by atoms with van der Waals surface area (Å²) in [4.78, 5) is 25.0. The van der Waals surface area contributed by atoms with Crippen molar-refractivity contribution in [3.05, 3.63) is 59.2 Å². The number of fused-ring (bicyclic) bond motifs is 1. The largest absolute Gasteiger partial charge is 0.480 e. The maximum atomic E-state index is 12.6. The van der Waals surface area contributed by atoms with E-state index in [4.69, 9.17) is 0 Å². The summed E-state index contributed by atoms with van der Waals surface area (Å²) in [7, 11) is 0. The maximum absolute atomic E-state index is 12.6. The van der Waals surface area contributed by atoms with Crippen molar-refractivity contribution < 1.29 is 14.7 Å². The molecule has 1 amide bonds. The molecule has 0 spiro atoms. The molecule has 1 aliphatic rings. The first-order valence-corrected chi connectivity index (χ1v) is 8.49. The molecule has 0 aliphatic heterocycles. The number of hydrogen-bond acceptors (Lipinski definition) is 4. The molecule has 1 aliphatic carbocycles. The summed E-state index contributed by atoms with van der Waals surface area (Å²) in [6.45, 7) is 0. The van der Waals surface area contributed by atoms with Crippen LogP contribution in [0.15, 0.2) is 48.1 Å². The smallest absolute Gasteiger partial charge is 0.329 e. The van der Waals surface area contributed by atoms with Crippen LogP contribution in [0, 0.1) is 0 Å². The Labute approximate surface area is 141 Å². The van der Waals surface area contributed by atoms with Crippen LogP contribution in [0.3, 0.4) is 0 Å². The quantitative estimate of drug-likeness (QED) is 0.764. The summed E-state index contributed by atoms with van der Waals surface area (Å²) in [5, 5.41) is 18.3. The number of nitrogens with zero attached hydrogens (tertiary/aromatic N) is 2. The molecular formula is C17H15N3O3S. The number of benzene rings is 1. The number of aliphatic carboxylic acids is 1. The Hall–Kier alpha value is -2.67. The van der Waals surface area contributed by atoms with Gasteiger partial charge < -0.3 is 10.4 Å². The highest BCUT2D eigenvalue weighted by Crippen LogP contribution is 2.45. The van der Waals surface area contributed by atoms with Crippen molar-refractivity contribution in [1.29, 1.82) is 0 Å². The highest BCUT2D eigenvalue weighted by molar-refractivity contribution is 7.15. The van der Waals surface area contributed by atoms with Crippen LogP contribution in [0.5, 0.6) is 0 Å². The molecule has 1 saturated carbocycles. The van der Waals surface area contributed by atoms with Crippen LogP contribution >= 0.6 is 11.3 Å². The Kier molecular flexibility index (Phi) is 3.38. The zero-order chi connectivity index (χ0) is 16.7. The van der Waals surface area contributed by atoms with Gasteiger partial charge in [0.05, 0.1) is 11.8 Å². The number of carboxylic acids is 1. The van der Waals surface area contributed by atoms with E-state index in [1.807, 2.05) is 35.7 Å². The van der Waals surface area contributed by atoms with E-state index in [9.17, 15) is 14.7 Å². The van der Waals surface area contributed by atoms with E-state index < -0.39 is 11.5 Å². The minimum absolute atomic E-state index is 0.150. The van der Waals surface area contributed by atoms with Crippen LogP contribution in [0.1, 0.15) is 34.7 Å². The maximum Gasteiger partial charge on any atom is 0.329 e. The summed E-state index contributed by atoms with van der Waals surface area (Å²) in [6.07, 6.45) is 4.03. The fourth-order valence-electron chi connectivity index (χ4n) is 3.24. The van der Waals surface area contributed by atoms with Gasteiger partial charge in [0.1, 0.15) is 10.4 Å². The third-order valence-electron chi connectivity index (χ3n) is 4.60. The Balaban J connectivity index is 1.54. The van der Waals surface area contributed by atoms with Crippen LogP contribution in [-0.4, -0.2) is 32.1 Å². The summed E-state index contributed by atoms with van der Waals surface area (Å²) in [5.74, 6) is -1.23. The van der Waals surface area contributed by atoms with Gasteiger partial charge >= 0.3 is 5.97 Å². The van der Waals surface area contributed by atoms with Gasteiger partial charge in [-0.3, -0.25) is 4.79 Å². The van der Waals surface area contributed by atoms with E-state index in [2.05, 4.69) is 10.4 Å². The molecule has 7 heteroatoms. The molecule has 0 atom stereocenters. The van der Waals surface area contributed by atoms with Gasteiger partial charge in [0.25, 0.3) is 5.91 Å². The van der Waals surface area contributed by atoms with E-state index in [0.717, 1.165) is 5.56 Å². The molecule has 0 radical (unpaired) electrons. The number of nitrogens with one attached hydrogen (secondary N) is 1. The van der Waals surface area contributed by atoms with E-state index in [1.54, 1.807) is 10.7 Å². The molecule has 0 bridgehead atoms. The van der Waals surface area contributed by atoms with E-state index in [0.29, 0.717) is 23.2 Å². The highest BCUT2D eigenvalue weighted by Gasteiger charge is 2.52. The summed E-state index contributed by atoms with van der Waals surface area (Å²) in [6, 6.07) is 9.79. The van der Waals surface area contributed by atoms with Crippen molar-refractivity contribution in [2.24, 2.45) is 0 Å². The fourth-order valence-corrected chi connectivity index (χ4v) is 4.03. The van der Waals surface area contributed by atoms with Gasteiger partial charge in [0.2, 0.25) is 0 Å². The Morgan fingerprint density at radius 2 is 2.04 bits per heavy atom. The number of rotatable bonds is 4. The molecule has 2 heterocycles. The second-order valence-corrected chi connectivity index (χ2v) is 6.96. The van der Waals surface area contributed by atoms with Crippen LogP contribution in [0.4, 0.5) is 0 Å². The number of thiazole rings is 1. The molecule has 24 heavy (non-hydrogen) atoms. The first-order valence-electron chi connectivity index (χ1n) is 7.61. The van der Waals surface area contributed by atoms with Gasteiger partial charge in [0.15, 0.2) is 0 Å². The Morgan fingerprint density at radius 1 is 1.29 bits per heavy atom. The van der Waals surface area contributed by atoms with Crippen LogP contribution in [-0.2, 0) is 4.79 Å². The molecule has 2 aromatic heterocycles. The lowest BCUT2D eigenvalue weighted by molar-refractivity contribution is -0.149. The van der Waals surface area contributed by atoms with Gasteiger partial charge in [-0.1, -0.05) is 30.3 Å². The highest BCUT2D eigenvalue weighted by atomic mass is 32.1. The minimum Gasteiger partial charge on any atom is -0.480 e. The third-order valence-corrected chi connectivity index (χ3v) is 5.49. The second-order valence-electron chi connectivity index (χ2n) is 6.07. The number of amides is 1. The zero-order valence-corrected chi connectivity index (χ0v) is 13.5. The average molecular weight is 341 g/mol. The van der Waals surface area contributed by atoms with Gasteiger partial charge in [0, 0.05) is 11.6 Å². The lowest BCUT2D eigenvalue weighted by Gasteiger charge is -2.45. The van der Waals surface area contributed by atoms with E-state index in [-0.39, 0.29) is 11.8 Å². The topological polar surface area (TPSA) is 83.7 Å². The predicted molar refractivity (Wildman–Crippen MR) is 89.3 cm³/mol. The van der Waals surface area contributed by atoms with Crippen molar-refractivity contribution in [2.75, 3.05) is 0 Å².